The lowest BCUT2D eigenvalue weighted by Gasteiger charge is -2.32. The molecule has 3 rings (SSSR count). The molecule has 0 radical (unpaired) electrons. The van der Waals surface area contributed by atoms with Crippen LogP contribution in [0, 0.1) is 15.5 Å². The van der Waals surface area contributed by atoms with E-state index >= 15 is 0 Å². The average molecular weight is 473 g/mol. The molecule has 0 bridgehead atoms. The first-order valence-electron chi connectivity index (χ1n) is 10.6. The van der Waals surface area contributed by atoms with Gasteiger partial charge in [0.2, 0.25) is 0 Å². The summed E-state index contributed by atoms with van der Waals surface area (Å²) in [6.07, 6.45) is -1.32. The first-order valence-corrected chi connectivity index (χ1v) is 10.6. The number of hydrogen-bond donors (Lipinski definition) is 2. The maximum Gasteiger partial charge on any atom is 0.432 e. The Hall–Kier alpha value is -3.96. The Balaban J connectivity index is 1.86. The summed E-state index contributed by atoms with van der Waals surface area (Å²) in [5.41, 5.74) is -0.532. The molecule has 2 amide bonds. The molecule has 2 aromatic rings. The summed E-state index contributed by atoms with van der Waals surface area (Å²) in [4.78, 5) is 49.0. The van der Waals surface area contributed by atoms with Crippen LogP contribution in [0.25, 0.3) is 0 Å². The second kappa shape index (κ2) is 8.76. The van der Waals surface area contributed by atoms with Crippen LogP contribution < -0.4 is 5.32 Å². The van der Waals surface area contributed by atoms with Crippen molar-refractivity contribution in [3.8, 4) is 0 Å². The third kappa shape index (κ3) is 4.85. The first kappa shape index (κ1) is 24.7. The predicted molar refractivity (Wildman–Crippen MR) is 121 cm³/mol. The quantitative estimate of drug-likeness (QED) is 0.483. The number of fused-ring (bicyclic) bond motifs is 1. The van der Waals surface area contributed by atoms with Gasteiger partial charge in [0.1, 0.15) is 0 Å². The van der Waals surface area contributed by atoms with Crippen LogP contribution in [-0.2, 0) is 16.8 Å². The van der Waals surface area contributed by atoms with Gasteiger partial charge in [0.25, 0.3) is 11.6 Å². The van der Waals surface area contributed by atoms with Crippen LogP contribution in [-0.4, -0.2) is 49.4 Å². The molecular weight excluding hydrogens is 446 g/mol. The number of aromatic nitrogens is 2. The van der Waals surface area contributed by atoms with E-state index in [0.29, 0.717) is 12.0 Å². The van der Waals surface area contributed by atoms with Gasteiger partial charge in [0.15, 0.2) is 5.82 Å². The van der Waals surface area contributed by atoms with Crippen molar-refractivity contribution < 1.29 is 29.2 Å². The number of hydrogen-bond acceptors (Lipinski definition) is 7. The van der Waals surface area contributed by atoms with E-state index in [9.17, 15) is 29.6 Å². The van der Waals surface area contributed by atoms with Crippen LogP contribution in [0.15, 0.2) is 24.3 Å². The molecule has 1 aromatic heterocycles. The lowest BCUT2D eigenvalue weighted by atomic mass is 9.93. The van der Waals surface area contributed by atoms with Crippen LogP contribution in [0.3, 0.4) is 0 Å². The van der Waals surface area contributed by atoms with Crippen molar-refractivity contribution in [3.63, 3.8) is 0 Å². The van der Waals surface area contributed by atoms with Crippen molar-refractivity contribution in [2.24, 2.45) is 5.41 Å². The molecule has 34 heavy (non-hydrogen) atoms. The van der Waals surface area contributed by atoms with Crippen molar-refractivity contribution in [3.05, 3.63) is 51.2 Å². The number of amides is 2. The summed E-state index contributed by atoms with van der Waals surface area (Å²) in [5.74, 6) is -0.643. The zero-order valence-electron chi connectivity index (χ0n) is 19.6. The molecule has 0 fully saturated rings. The van der Waals surface area contributed by atoms with Gasteiger partial charge in [-0.3, -0.25) is 19.8 Å². The summed E-state index contributed by atoms with van der Waals surface area (Å²) < 4.78 is 6.17. The van der Waals surface area contributed by atoms with Gasteiger partial charge in [-0.2, -0.15) is 4.68 Å². The number of ether oxygens (including phenoxy) is 1. The smallest absolute Gasteiger partial charge is 0.432 e. The highest BCUT2D eigenvalue weighted by atomic mass is 16.6. The molecular formula is C22H27N5O7. The molecule has 182 valence electrons. The van der Waals surface area contributed by atoms with Gasteiger partial charge in [0, 0.05) is 23.3 Å². The Labute approximate surface area is 195 Å². The SMILES string of the molecule is CC(C)(C)CCOC(=O)N1Cc2c(NC(=O)c3ccc([N+](=O)[O-])cc3)nn(C(=O)O)c2C1(C)C. The molecule has 1 aliphatic rings. The monoisotopic (exact) mass is 473 g/mol. The minimum Gasteiger partial charge on any atom is -0.463 e. The molecule has 2 N–H and O–H groups in total. The Morgan fingerprint density at radius 3 is 2.38 bits per heavy atom. The molecule has 0 saturated heterocycles. The number of carbonyl (C=O) groups excluding carboxylic acids is 2. The number of carbonyl (C=O) groups is 3. The van der Waals surface area contributed by atoms with Gasteiger partial charge < -0.3 is 15.2 Å². The maximum absolute atomic E-state index is 12.8. The number of nitrogens with zero attached hydrogens (tertiary/aromatic N) is 4. The Bertz CT molecular complexity index is 1150. The summed E-state index contributed by atoms with van der Waals surface area (Å²) in [5, 5.41) is 27.1. The number of non-ortho nitro benzene ring substituents is 1. The molecule has 1 aliphatic heterocycles. The van der Waals surface area contributed by atoms with Gasteiger partial charge in [-0.05, 0) is 37.8 Å². The van der Waals surface area contributed by atoms with Gasteiger partial charge >= 0.3 is 12.2 Å². The molecule has 0 atom stereocenters. The fraction of sp³-hybridized carbons (Fsp3) is 0.455. The van der Waals surface area contributed by atoms with E-state index in [-0.39, 0.29) is 41.3 Å². The maximum atomic E-state index is 12.8. The summed E-state index contributed by atoms with van der Waals surface area (Å²) in [7, 11) is 0. The largest absolute Gasteiger partial charge is 0.463 e. The Kier molecular flexibility index (Phi) is 6.36. The van der Waals surface area contributed by atoms with Crippen LogP contribution in [0.5, 0.6) is 0 Å². The number of nitro benzene ring substituents is 1. The first-order chi connectivity index (χ1) is 15.7. The molecule has 12 heteroatoms. The zero-order valence-corrected chi connectivity index (χ0v) is 19.6. The third-order valence-electron chi connectivity index (χ3n) is 5.61. The third-order valence-corrected chi connectivity index (χ3v) is 5.61. The minimum atomic E-state index is -1.37. The number of carboxylic acid groups (broad SMARTS) is 1. The number of benzene rings is 1. The number of nitro groups is 1. The van der Waals surface area contributed by atoms with Crippen LogP contribution in [0.2, 0.25) is 0 Å². The Morgan fingerprint density at radius 1 is 1.24 bits per heavy atom. The predicted octanol–water partition coefficient (Wildman–Crippen LogP) is 4.19. The molecule has 0 aliphatic carbocycles. The van der Waals surface area contributed by atoms with Crippen LogP contribution in [0.4, 0.5) is 21.1 Å². The van der Waals surface area contributed by atoms with Gasteiger partial charge in [-0.15, -0.1) is 5.10 Å². The number of nitrogens with one attached hydrogen (secondary N) is 1. The molecule has 0 unspecified atom stereocenters. The van der Waals surface area contributed by atoms with Gasteiger partial charge in [0.05, 0.1) is 29.3 Å². The van der Waals surface area contributed by atoms with E-state index in [4.69, 9.17) is 4.74 Å². The fourth-order valence-corrected chi connectivity index (χ4v) is 3.68. The topological polar surface area (TPSA) is 157 Å². The molecule has 0 spiro atoms. The van der Waals surface area contributed by atoms with E-state index in [2.05, 4.69) is 10.4 Å². The van der Waals surface area contributed by atoms with Crippen molar-refractivity contribution in [2.75, 3.05) is 11.9 Å². The van der Waals surface area contributed by atoms with E-state index in [0.717, 1.165) is 4.68 Å². The van der Waals surface area contributed by atoms with Crippen LogP contribution in [0.1, 0.15) is 62.7 Å². The van der Waals surface area contributed by atoms with E-state index in [1.807, 2.05) is 20.8 Å². The second-order valence-electron chi connectivity index (χ2n) is 9.70. The molecule has 2 heterocycles. The summed E-state index contributed by atoms with van der Waals surface area (Å²) >= 11 is 0. The molecule has 12 nitrogen and oxygen atoms in total. The summed E-state index contributed by atoms with van der Waals surface area (Å²) in [6, 6.07) is 4.94. The number of anilines is 1. The average Bonchev–Trinajstić information content (AvgIpc) is 3.22. The Morgan fingerprint density at radius 2 is 1.85 bits per heavy atom. The molecule has 0 saturated carbocycles. The second-order valence-corrected chi connectivity index (χ2v) is 9.70. The fourth-order valence-electron chi connectivity index (χ4n) is 3.68. The molecule has 1 aromatic carbocycles. The van der Waals surface area contributed by atoms with Gasteiger partial charge in [-0.1, -0.05) is 20.8 Å². The highest BCUT2D eigenvalue weighted by molar-refractivity contribution is 6.04. The highest BCUT2D eigenvalue weighted by Gasteiger charge is 2.47. The lowest BCUT2D eigenvalue weighted by Crippen LogP contribution is -2.42. The van der Waals surface area contributed by atoms with Crippen molar-refractivity contribution in [1.82, 2.24) is 14.7 Å². The minimum absolute atomic E-state index is 0.0140. The van der Waals surface area contributed by atoms with Crippen LogP contribution >= 0.6 is 0 Å². The summed E-state index contributed by atoms with van der Waals surface area (Å²) in [6.45, 7) is 9.62. The lowest BCUT2D eigenvalue weighted by molar-refractivity contribution is -0.384. The van der Waals surface area contributed by atoms with Crippen molar-refractivity contribution in [1.29, 1.82) is 0 Å². The van der Waals surface area contributed by atoms with E-state index in [1.165, 1.54) is 29.2 Å². The van der Waals surface area contributed by atoms with Crippen molar-refractivity contribution in [2.45, 2.75) is 53.1 Å². The zero-order chi connectivity index (χ0) is 25.4. The standard InChI is InChI=1S/C22H27N5O7/c1-21(2,3)10-11-34-20(31)25-12-15-16(22(25,4)5)26(19(29)30)24-17(15)23-18(28)13-6-8-14(9-7-13)27(32)33/h6-9H,10-12H2,1-5H3,(H,29,30)(H,23,24,28). The highest BCUT2D eigenvalue weighted by Crippen LogP contribution is 2.42. The number of rotatable bonds is 5. The van der Waals surface area contributed by atoms with E-state index < -0.39 is 28.6 Å². The van der Waals surface area contributed by atoms with Crippen molar-refractivity contribution >= 4 is 29.6 Å². The normalized spacial score (nSPS) is 14.4. The van der Waals surface area contributed by atoms with E-state index in [1.54, 1.807) is 13.8 Å². The van der Waals surface area contributed by atoms with Gasteiger partial charge in [-0.25, -0.2) is 9.59 Å².